The third-order valence-electron chi connectivity index (χ3n) is 3.77. The van der Waals surface area contributed by atoms with Crippen LogP contribution in [0.3, 0.4) is 0 Å². The zero-order chi connectivity index (χ0) is 25.7. The van der Waals surface area contributed by atoms with E-state index in [1.54, 1.807) is 20.8 Å². The summed E-state index contributed by atoms with van der Waals surface area (Å²) in [6, 6.07) is 0. The van der Waals surface area contributed by atoms with E-state index in [9.17, 15) is 19.2 Å². The van der Waals surface area contributed by atoms with E-state index >= 15 is 0 Å². The molecule has 12 nitrogen and oxygen atoms in total. The van der Waals surface area contributed by atoms with Crippen molar-refractivity contribution in [2.75, 3.05) is 73.1 Å². The lowest BCUT2D eigenvalue weighted by atomic mass is 10.2. The van der Waals surface area contributed by atoms with Gasteiger partial charge in [-0.2, -0.15) is 0 Å². The molecule has 0 saturated heterocycles. The first kappa shape index (κ1) is 31.7. The summed E-state index contributed by atoms with van der Waals surface area (Å²) >= 11 is 0. The van der Waals surface area contributed by atoms with Gasteiger partial charge in [0, 0.05) is 25.9 Å². The van der Waals surface area contributed by atoms with Crippen LogP contribution in [0.4, 0.5) is 0 Å². The highest BCUT2D eigenvalue weighted by Gasteiger charge is 2.16. The molecule has 0 atom stereocenters. The number of nitrogens with one attached hydrogen (secondary N) is 2. The zero-order valence-electron chi connectivity index (χ0n) is 20.8. The summed E-state index contributed by atoms with van der Waals surface area (Å²) in [4.78, 5) is 45.7. The lowest BCUT2D eigenvalue weighted by Crippen LogP contribution is -2.31. The van der Waals surface area contributed by atoms with Crippen LogP contribution in [0.15, 0.2) is 0 Å². The van der Waals surface area contributed by atoms with Gasteiger partial charge in [-0.3, -0.25) is 14.4 Å². The highest BCUT2D eigenvalue weighted by Crippen LogP contribution is 2.09. The van der Waals surface area contributed by atoms with Gasteiger partial charge in [-0.05, 0) is 27.2 Å². The van der Waals surface area contributed by atoms with E-state index in [0.29, 0.717) is 39.3 Å². The summed E-state index contributed by atoms with van der Waals surface area (Å²) in [5.74, 6) is -1.19. The minimum absolute atomic E-state index is 0.0972. The van der Waals surface area contributed by atoms with E-state index in [-0.39, 0.29) is 63.7 Å². The first-order chi connectivity index (χ1) is 16.1. The van der Waals surface area contributed by atoms with E-state index in [4.69, 9.17) is 23.7 Å². The molecule has 0 aromatic heterocycles. The second-order valence-corrected chi connectivity index (χ2v) is 8.05. The van der Waals surface area contributed by atoms with Gasteiger partial charge in [0.1, 0.15) is 18.8 Å². The predicted molar refractivity (Wildman–Crippen MR) is 121 cm³/mol. The molecule has 0 radical (unpaired) electrons. The topological polar surface area (TPSA) is 148 Å². The normalized spacial score (nSPS) is 11.1. The molecule has 0 aliphatic carbocycles. The highest BCUT2D eigenvalue weighted by atomic mass is 16.6. The molecule has 2 N–H and O–H groups in total. The van der Waals surface area contributed by atoms with Gasteiger partial charge in [-0.25, -0.2) is 4.79 Å². The molecule has 0 rings (SSSR count). The van der Waals surface area contributed by atoms with Crippen molar-refractivity contribution in [3.63, 3.8) is 0 Å². The third-order valence-corrected chi connectivity index (χ3v) is 3.77. The molecular formula is C22H40N2O10. The number of esters is 2. The summed E-state index contributed by atoms with van der Waals surface area (Å²) < 4.78 is 30.4. The molecule has 0 aromatic carbocycles. The molecule has 0 heterocycles. The number of methoxy groups -OCH3 is 1. The summed E-state index contributed by atoms with van der Waals surface area (Å²) in [5, 5.41) is 5.34. The van der Waals surface area contributed by atoms with Gasteiger partial charge in [0.25, 0.3) is 0 Å². The second kappa shape index (κ2) is 20.1. The Morgan fingerprint density at radius 1 is 0.647 bits per heavy atom. The fourth-order valence-electron chi connectivity index (χ4n) is 2.27. The van der Waals surface area contributed by atoms with Crippen molar-refractivity contribution in [3.05, 3.63) is 0 Å². The van der Waals surface area contributed by atoms with Crippen molar-refractivity contribution < 1.29 is 47.6 Å². The SMILES string of the molecule is COC(=O)COCCOCCNC(=O)COCCOCCNC(=O)CCCC(=O)OC(C)(C)C. The van der Waals surface area contributed by atoms with Crippen LogP contribution in [0.25, 0.3) is 0 Å². The Kier molecular flexibility index (Phi) is 18.8. The largest absolute Gasteiger partial charge is 0.467 e. The molecule has 12 heteroatoms. The number of ether oxygens (including phenoxy) is 6. The van der Waals surface area contributed by atoms with Gasteiger partial charge in [0.15, 0.2) is 0 Å². The minimum atomic E-state index is -0.523. The van der Waals surface area contributed by atoms with Crippen LogP contribution in [0.5, 0.6) is 0 Å². The number of hydrogen-bond acceptors (Lipinski definition) is 10. The van der Waals surface area contributed by atoms with Crippen molar-refractivity contribution in [2.45, 2.75) is 45.6 Å². The van der Waals surface area contributed by atoms with Crippen LogP contribution in [-0.4, -0.2) is 102 Å². The Balaban J connectivity index is 3.41. The van der Waals surface area contributed by atoms with E-state index in [1.165, 1.54) is 7.11 Å². The first-order valence-corrected chi connectivity index (χ1v) is 11.3. The quantitative estimate of drug-likeness (QED) is 0.175. The molecule has 0 spiro atoms. The maximum Gasteiger partial charge on any atom is 0.331 e. The monoisotopic (exact) mass is 492 g/mol. The Labute approximate surface area is 201 Å². The summed E-state index contributed by atoms with van der Waals surface area (Å²) in [6.45, 7) is 7.55. The zero-order valence-corrected chi connectivity index (χ0v) is 20.8. The Morgan fingerprint density at radius 2 is 1.18 bits per heavy atom. The third kappa shape index (κ3) is 22.9. The van der Waals surface area contributed by atoms with E-state index < -0.39 is 11.6 Å². The molecular weight excluding hydrogens is 452 g/mol. The summed E-state index contributed by atoms with van der Waals surface area (Å²) in [7, 11) is 1.28. The van der Waals surface area contributed by atoms with Gasteiger partial charge in [-0.15, -0.1) is 0 Å². The average Bonchev–Trinajstić information content (AvgIpc) is 2.75. The van der Waals surface area contributed by atoms with Gasteiger partial charge in [-0.1, -0.05) is 0 Å². The highest BCUT2D eigenvalue weighted by molar-refractivity contribution is 5.77. The number of hydrogen-bond donors (Lipinski definition) is 2. The van der Waals surface area contributed by atoms with Gasteiger partial charge >= 0.3 is 11.9 Å². The van der Waals surface area contributed by atoms with Gasteiger partial charge in [0.05, 0.1) is 46.8 Å². The molecule has 0 saturated carbocycles. The molecule has 0 aliphatic rings. The lowest BCUT2D eigenvalue weighted by molar-refractivity contribution is -0.155. The summed E-state index contributed by atoms with van der Waals surface area (Å²) in [6.07, 6.45) is 0.868. The van der Waals surface area contributed by atoms with Gasteiger partial charge in [0.2, 0.25) is 11.8 Å². The molecule has 2 amide bonds. The van der Waals surface area contributed by atoms with E-state index in [0.717, 1.165) is 0 Å². The Hall–Kier alpha value is -2.28. The minimum Gasteiger partial charge on any atom is -0.467 e. The lowest BCUT2D eigenvalue weighted by Gasteiger charge is -2.19. The van der Waals surface area contributed by atoms with Crippen molar-refractivity contribution >= 4 is 23.8 Å². The fourth-order valence-corrected chi connectivity index (χ4v) is 2.27. The van der Waals surface area contributed by atoms with E-state index in [2.05, 4.69) is 15.4 Å². The number of carbonyl (C=O) groups excluding carboxylic acids is 4. The van der Waals surface area contributed by atoms with Crippen molar-refractivity contribution in [1.29, 1.82) is 0 Å². The van der Waals surface area contributed by atoms with Gasteiger partial charge < -0.3 is 39.1 Å². The van der Waals surface area contributed by atoms with Crippen LogP contribution >= 0.6 is 0 Å². The van der Waals surface area contributed by atoms with Crippen LogP contribution in [0.2, 0.25) is 0 Å². The first-order valence-electron chi connectivity index (χ1n) is 11.3. The molecule has 34 heavy (non-hydrogen) atoms. The van der Waals surface area contributed by atoms with Crippen molar-refractivity contribution in [1.82, 2.24) is 10.6 Å². The maximum absolute atomic E-state index is 11.7. The van der Waals surface area contributed by atoms with E-state index in [1.807, 2.05) is 0 Å². The number of amides is 2. The average molecular weight is 493 g/mol. The van der Waals surface area contributed by atoms with Crippen LogP contribution in [0.1, 0.15) is 40.0 Å². The molecule has 0 aliphatic heterocycles. The van der Waals surface area contributed by atoms with Crippen molar-refractivity contribution in [2.24, 2.45) is 0 Å². The molecule has 0 aromatic rings. The maximum atomic E-state index is 11.7. The Morgan fingerprint density at radius 3 is 1.74 bits per heavy atom. The van der Waals surface area contributed by atoms with Crippen LogP contribution in [-0.2, 0) is 47.6 Å². The Bertz CT molecular complexity index is 593. The molecule has 0 fully saturated rings. The smallest absolute Gasteiger partial charge is 0.331 e. The van der Waals surface area contributed by atoms with Crippen molar-refractivity contribution in [3.8, 4) is 0 Å². The summed E-state index contributed by atoms with van der Waals surface area (Å²) in [5.41, 5.74) is -0.523. The molecule has 198 valence electrons. The number of rotatable bonds is 20. The molecule has 0 unspecified atom stereocenters. The molecule has 0 bridgehead atoms. The van der Waals surface area contributed by atoms with Crippen LogP contribution < -0.4 is 10.6 Å². The van der Waals surface area contributed by atoms with Crippen LogP contribution in [0, 0.1) is 0 Å². The predicted octanol–water partition coefficient (Wildman–Crippen LogP) is -0.0298. The standard InChI is InChI=1S/C22H40N2O10/c1-22(2,3)34-20(27)7-5-6-18(25)23-8-10-30-12-14-32-16-19(26)24-9-11-31-13-15-33-17-21(28)29-4/h5-17H2,1-4H3,(H,23,25)(H,24,26). The number of carbonyl (C=O) groups is 4. The second-order valence-electron chi connectivity index (χ2n) is 8.05. The fraction of sp³-hybridized carbons (Fsp3) is 0.818.